The molecular formula is C27H25N3O4. The summed E-state index contributed by atoms with van der Waals surface area (Å²) in [5.74, 6) is 1.72. The highest BCUT2D eigenvalue weighted by molar-refractivity contribution is 5.79. The normalized spacial score (nSPS) is 18.3. The van der Waals surface area contributed by atoms with Crippen molar-refractivity contribution in [3.63, 3.8) is 0 Å². The number of benzene rings is 3. The second kappa shape index (κ2) is 8.09. The molecule has 0 amide bonds. The summed E-state index contributed by atoms with van der Waals surface area (Å²) in [6, 6.07) is 20.3. The maximum Gasteiger partial charge on any atom is 0.304 e. The molecule has 0 saturated heterocycles. The molecular weight excluding hydrogens is 430 g/mol. The van der Waals surface area contributed by atoms with E-state index < -0.39 is 5.97 Å². The second-order valence-corrected chi connectivity index (χ2v) is 8.77. The molecule has 172 valence electrons. The van der Waals surface area contributed by atoms with Gasteiger partial charge in [0.25, 0.3) is 0 Å². The average molecular weight is 456 g/mol. The summed E-state index contributed by atoms with van der Waals surface area (Å²) in [5, 5.41) is 12.7. The minimum absolute atomic E-state index is 0.0101. The summed E-state index contributed by atoms with van der Waals surface area (Å²) in [6.07, 6.45) is 0.896. The Labute approximate surface area is 197 Å². The lowest BCUT2D eigenvalue weighted by molar-refractivity contribution is -0.137. The average Bonchev–Trinajstić information content (AvgIpc) is 3.54. The van der Waals surface area contributed by atoms with Crippen LogP contribution < -0.4 is 14.8 Å². The third-order valence-corrected chi connectivity index (χ3v) is 6.64. The molecule has 3 aromatic carbocycles. The third-order valence-electron chi connectivity index (χ3n) is 6.64. The first-order chi connectivity index (χ1) is 16.6. The van der Waals surface area contributed by atoms with Crippen LogP contribution in [0.1, 0.15) is 42.3 Å². The highest BCUT2D eigenvalue weighted by Gasteiger charge is 2.30. The Hall–Kier alpha value is -4.00. The number of carboxylic acid groups (broad SMARTS) is 1. The molecule has 34 heavy (non-hydrogen) atoms. The molecule has 2 aliphatic heterocycles. The zero-order chi connectivity index (χ0) is 23.2. The number of aromatic nitrogens is 2. The van der Waals surface area contributed by atoms with Gasteiger partial charge < -0.3 is 19.9 Å². The fourth-order valence-corrected chi connectivity index (χ4v) is 5.06. The molecule has 0 radical (unpaired) electrons. The largest absolute Gasteiger partial charge is 0.493 e. The van der Waals surface area contributed by atoms with Crippen molar-refractivity contribution in [2.45, 2.75) is 31.7 Å². The molecule has 0 spiro atoms. The van der Waals surface area contributed by atoms with E-state index in [1.807, 2.05) is 36.4 Å². The van der Waals surface area contributed by atoms with E-state index in [-0.39, 0.29) is 18.4 Å². The zero-order valence-corrected chi connectivity index (χ0v) is 18.8. The van der Waals surface area contributed by atoms with E-state index in [1.165, 1.54) is 0 Å². The number of nitrogens with zero attached hydrogens (tertiary/aromatic N) is 2. The van der Waals surface area contributed by atoms with Crippen LogP contribution in [-0.2, 0) is 11.2 Å². The topological polar surface area (TPSA) is 85.6 Å². The summed E-state index contributed by atoms with van der Waals surface area (Å²) in [5.41, 5.74) is 6.02. The van der Waals surface area contributed by atoms with Crippen LogP contribution in [0.2, 0.25) is 0 Å². The van der Waals surface area contributed by atoms with Crippen molar-refractivity contribution in [2.75, 3.05) is 18.5 Å². The van der Waals surface area contributed by atoms with Crippen LogP contribution in [0.5, 0.6) is 11.5 Å². The first kappa shape index (κ1) is 20.6. The summed E-state index contributed by atoms with van der Waals surface area (Å²) in [6.45, 7) is 3.03. The Bertz CT molecular complexity index is 1410. The monoisotopic (exact) mass is 455 g/mol. The SMILES string of the molecule is CCc1nc2ccccc2n1-c1cccc2c1OC[C@H]2Nc1ccc2c(c1)OC[C@H]2CC(=O)O. The van der Waals surface area contributed by atoms with Crippen LogP contribution in [0.15, 0.2) is 60.7 Å². The Morgan fingerprint density at radius 1 is 1.09 bits per heavy atom. The number of aliphatic carboxylic acids is 1. The van der Waals surface area contributed by atoms with E-state index in [0.29, 0.717) is 13.2 Å². The number of aryl methyl sites for hydroxylation is 1. The van der Waals surface area contributed by atoms with Crippen molar-refractivity contribution in [1.29, 1.82) is 0 Å². The summed E-state index contributed by atoms with van der Waals surface area (Å²) >= 11 is 0. The second-order valence-electron chi connectivity index (χ2n) is 8.77. The van der Waals surface area contributed by atoms with Gasteiger partial charge in [0, 0.05) is 35.2 Å². The van der Waals surface area contributed by atoms with Crippen LogP contribution in [0.3, 0.4) is 0 Å². The quantitative estimate of drug-likeness (QED) is 0.422. The molecule has 0 saturated carbocycles. The van der Waals surface area contributed by atoms with Gasteiger partial charge in [0.15, 0.2) is 0 Å². The number of nitrogens with one attached hydrogen (secondary N) is 1. The van der Waals surface area contributed by atoms with Gasteiger partial charge in [-0.3, -0.25) is 9.36 Å². The minimum Gasteiger partial charge on any atom is -0.493 e. The van der Waals surface area contributed by atoms with Crippen molar-refractivity contribution in [1.82, 2.24) is 9.55 Å². The van der Waals surface area contributed by atoms with Gasteiger partial charge in [-0.15, -0.1) is 0 Å². The molecule has 0 bridgehead atoms. The van der Waals surface area contributed by atoms with Crippen molar-refractivity contribution in [3.8, 4) is 17.2 Å². The molecule has 3 heterocycles. The van der Waals surface area contributed by atoms with Gasteiger partial charge in [-0.1, -0.05) is 37.3 Å². The fraction of sp³-hybridized carbons (Fsp3) is 0.259. The molecule has 7 heteroatoms. The number of rotatable bonds is 6. The summed E-state index contributed by atoms with van der Waals surface area (Å²) in [7, 11) is 0. The standard InChI is InChI=1S/C27H25N3O4/c1-2-25-29-20-7-3-4-8-22(20)30(25)23-9-5-6-19-21(15-34-27(19)23)28-17-10-11-18-16(12-26(31)32)14-33-24(18)13-17/h3-11,13,16,21,28H,2,12,14-15H2,1H3,(H,31,32)/t16-,21-/m1/s1. The highest BCUT2D eigenvalue weighted by Crippen LogP contribution is 2.42. The highest BCUT2D eigenvalue weighted by atomic mass is 16.5. The van der Waals surface area contributed by atoms with Crippen molar-refractivity contribution in [2.24, 2.45) is 0 Å². The number of para-hydroxylation sites is 3. The minimum atomic E-state index is -0.809. The van der Waals surface area contributed by atoms with E-state index in [1.54, 1.807) is 0 Å². The van der Waals surface area contributed by atoms with Crippen LogP contribution in [0, 0.1) is 0 Å². The molecule has 2 N–H and O–H groups in total. The fourth-order valence-electron chi connectivity index (χ4n) is 5.06. The smallest absolute Gasteiger partial charge is 0.304 e. The molecule has 7 nitrogen and oxygen atoms in total. The zero-order valence-electron chi connectivity index (χ0n) is 18.8. The first-order valence-corrected chi connectivity index (χ1v) is 11.6. The predicted molar refractivity (Wildman–Crippen MR) is 129 cm³/mol. The Morgan fingerprint density at radius 2 is 1.97 bits per heavy atom. The van der Waals surface area contributed by atoms with Crippen LogP contribution in [0.25, 0.3) is 16.7 Å². The van der Waals surface area contributed by atoms with Gasteiger partial charge in [-0.25, -0.2) is 4.98 Å². The van der Waals surface area contributed by atoms with E-state index in [2.05, 4.69) is 41.1 Å². The maximum atomic E-state index is 11.1. The molecule has 1 aromatic heterocycles. The number of carboxylic acids is 1. The van der Waals surface area contributed by atoms with E-state index in [0.717, 1.165) is 57.3 Å². The molecule has 4 aromatic rings. The lowest BCUT2D eigenvalue weighted by atomic mass is 9.97. The third kappa shape index (κ3) is 3.36. The van der Waals surface area contributed by atoms with Crippen molar-refractivity contribution < 1.29 is 19.4 Å². The van der Waals surface area contributed by atoms with Crippen LogP contribution in [0.4, 0.5) is 5.69 Å². The first-order valence-electron chi connectivity index (χ1n) is 11.6. The summed E-state index contributed by atoms with van der Waals surface area (Å²) in [4.78, 5) is 15.9. The lowest BCUT2D eigenvalue weighted by Gasteiger charge is -2.15. The molecule has 0 unspecified atom stereocenters. The van der Waals surface area contributed by atoms with Gasteiger partial charge in [0.2, 0.25) is 0 Å². The van der Waals surface area contributed by atoms with Crippen LogP contribution >= 0.6 is 0 Å². The number of imidazole rings is 1. The molecule has 0 aliphatic carbocycles. The van der Waals surface area contributed by atoms with E-state index in [9.17, 15) is 4.79 Å². The number of carbonyl (C=O) groups is 1. The lowest BCUT2D eigenvalue weighted by Crippen LogP contribution is -2.11. The molecule has 2 aliphatic rings. The summed E-state index contributed by atoms with van der Waals surface area (Å²) < 4.78 is 14.2. The molecule has 2 atom stereocenters. The maximum absolute atomic E-state index is 11.1. The van der Waals surface area contributed by atoms with Gasteiger partial charge in [-0.05, 0) is 24.3 Å². The van der Waals surface area contributed by atoms with Gasteiger partial charge in [-0.2, -0.15) is 0 Å². The van der Waals surface area contributed by atoms with Crippen molar-refractivity contribution in [3.05, 3.63) is 77.6 Å². The van der Waals surface area contributed by atoms with E-state index >= 15 is 0 Å². The number of ether oxygens (including phenoxy) is 2. The number of anilines is 1. The Kier molecular flexibility index (Phi) is 4.90. The van der Waals surface area contributed by atoms with Gasteiger partial charge in [0.05, 0.1) is 35.8 Å². The molecule has 6 rings (SSSR count). The molecule has 0 fully saturated rings. The number of fused-ring (bicyclic) bond motifs is 3. The van der Waals surface area contributed by atoms with Crippen molar-refractivity contribution >= 4 is 22.7 Å². The van der Waals surface area contributed by atoms with E-state index in [4.69, 9.17) is 19.6 Å². The number of hydrogen-bond acceptors (Lipinski definition) is 5. The van der Waals surface area contributed by atoms with Gasteiger partial charge >= 0.3 is 5.97 Å². The predicted octanol–water partition coefficient (Wildman–Crippen LogP) is 5.08. The Balaban J connectivity index is 1.31. The van der Waals surface area contributed by atoms with Gasteiger partial charge in [0.1, 0.15) is 23.9 Å². The Morgan fingerprint density at radius 3 is 2.82 bits per heavy atom. The number of hydrogen-bond donors (Lipinski definition) is 2. The van der Waals surface area contributed by atoms with Crippen LogP contribution in [-0.4, -0.2) is 33.8 Å².